The van der Waals surface area contributed by atoms with Crippen molar-refractivity contribution in [1.29, 1.82) is 0 Å². The average Bonchev–Trinajstić information content (AvgIpc) is 3.29. The Morgan fingerprint density at radius 2 is 1.00 bits per heavy atom. The highest BCUT2D eigenvalue weighted by atomic mass is 17.0. The van der Waals surface area contributed by atoms with E-state index in [9.17, 15) is 5.21 Å². The van der Waals surface area contributed by atoms with Gasteiger partial charge < -0.3 is 40.3 Å². The van der Waals surface area contributed by atoms with Gasteiger partial charge in [0.25, 0.3) is 5.82 Å². The van der Waals surface area contributed by atoms with Gasteiger partial charge in [0.1, 0.15) is 42.2 Å². The van der Waals surface area contributed by atoms with E-state index in [0.717, 1.165) is 104 Å². The lowest BCUT2D eigenvalue weighted by Gasteiger charge is -2.35. The van der Waals surface area contributed by atoms with Crippen molar-refractivity contribution in [2.45, 2.75) is 13.8 Å². The van der Waals surface area contributed by atoms with Crippen LogP contribution in [0.3, 0.4) is 0 Å². The molecule has 8 rings (SSSR count). The van der Waals surface area contributed by atoms with E-state index in [1.165, 1.54) is 17.3 Å². The van der Waals surface area contributed by atoms with Gasteiger partial charge in [-0.3, -0.25) is 15.4 Å². The van der Waals surface area contributed by atoms with Crippen LogP contribution in [0.15, 0.2) is 109 Å². The minimum absolute atomic E-state index is 0.682. The van der Waals surface area contributed by atoms with Crippen molar-refractivity contribution >= 4 is 58.2 Å². The fourth-order valence-corrected chi connectivity index (χ4v) is 6.76. The Bertz CT molecular complexity index is 2270. The Morgan fingerprint density at radius 3 is 1.43 bits per heavy atom. The first kappa shape index (κ1) is 43.6. The normalized spacial score (nSPS) is 13.6. The number of hydrogen-bond donors (Lipinski definition) is 4. The van der Waals surface area contributed by atoms with Crippen LogP contribution in [-0.4, -0.2) is 116 Å². The smallest absolute Gasteiger partial charge is 0.279 e. The fourth-order valence-electron chi connectivity index (χ4n) is 6.76. The van der Waals surface area contributed by atoms with Crippen molar-refractivity contribution in [3.05, 3.63) is 126 Å². The predicted molar refractivity (Wildman–Crippen MR) is 245 cm³/mol. The third-order valence-corrected chi connectivity index (χ3v) is 10.2. The molecule has 0 bridgehead atoms. The summed E-state index contributed by atoms with van der Waals surface area (Å²) in [5.41, 5.74) is 4.46. The number of rotatable bonds is 10. The van der Waals surface area contributed by atoms with E-state index in [-0.39, 0.29) is 0 Å². The molecule has 6 heterocycles. The van der Waals surface area contributed by atoms with Gasteiger partial charge in [0.2, 0.25) is 11.9 Å². The molecule has 2 aromatic carbocycles. The van der Waals surface area contributed by atoms with Crippen molar-refractivity contribution in [3.63, 3.8) is 0 Å². The van der Waals surface area contributed by atoms with Gasteiger partial charge in [-0.15, -0.1) is 0 Å². The molecule has 17 heteroatoms. The quantitative estimate of drug-likeness (QED) is 0.0557. The lowest BCUT2D eigenvalue weighted by atomic mass is 10.2. The summed E-state index contributed by atoms with van der Waals surface area (Å²) in [5, 5.41) is 30.9. The van der Waals surface area contributed by atoms with Gasteiger partial charge in [-0.05, 0) is 56.3 Å². The molecular formula is C44H56N14O3. The lowest BCUT2D eigenvalue weighted by Crippen LogP contribution is -2.50. The maximum absolute atomic E-state index is 12.1. The van der Waals surface area contributed by atoms with Gasteiger partial charge >= 0.3 is 0 Å². The summed E-state index contributed by atoms with van der Waals surface area (Å²) in [4.78, 5) is 36.4. The Kier molecular flexibility index (Phi) is 14.9. The first-order valence-electron chi connectivity index (χ1n) is 20.2. The summed E-state index contributed by atoms with van der Waals surface area (Å²) in [6.07, 6.45) is 3.38. The van der Waals surface area contributed by atoms with Crippen LogP contribution in [0.1, 0.15) is 11.1 Å². The highest BCUT2D eigenvalue weighted by Gasteiger charge is 2.26. The third-order valence-electron chi connectivity index (χ3n) is 10.2. The van der Waals surface area contributed by atoms with E-state index in [2.05, 4.69) is 91.5 Å². The van der Waals surface area contributed by atoms with E-state index in [0.29, 0.717) is 11.8 Å². The van der Waals surface area contributed by atoms with Crippen LogP contribution < -0.4 is 44.8 Å². The molecule has 17 nitrogen and oxygen atoms in total. The molecule has 4 aromatic heterocycles. The second kappa shape index (κ2) is 20.8. The summed E-state index contributed by atoms with van der Waals surface area (Å²) >= 11 is 0. The SMILES string of the molecule is Cc1ccc(Nc2cc(N(C)C)nc(N3CCN(c4cccc[n+]4[O-])CC3)n2)cc1.Cc1ccc(Nc2cc(N(C)C)nc(N3CCN(c4ccccn4)CC3)n2)cc1.OO. The number of pyridine rings is 2. The second-order valence-corrected chi connectivity index (χ2v) is 15.1. The maximum atomic E-state index is 12.1. The van der Waals surface area contributed by atoms with E-state index in [1.807, 2.05) is 92.7 Å². The van der Waals surface area contributed by atoms with Crippen LogP contribution in [0.2, 0.25) is 0 Å². The van der Waals surface area contributed by atoms with Crippen molar-refractivity contribution in [2.75, 3.05) is 121 Å². The highest BCUT2D eigenvalue weighted by Crippen LogP contribution is 2.26. The van der Waals surface area contributed by atoms with E-state index < -0.39 is 0 Å². The molecule has 320 valence electrons. The van der Waals surface area contributed by atoms with Crippen LogP contribution in [0.25, 0.3) is 0 Å². The molecule has 6 aromatic rings. The number of nitrogens with zero attached hydrogens (tertiary/aromatic N) is 12. The van der Waals surface area contributed by atoms with Crippen LogP contribution >= 0.6 is 0 Å². The van der Waals surface area contributed by atoms with Gasteiger partial charge in [-0.1, -0.05) is 47.5 Å². The molecule has 0 spiro atoms. The number of piperazine rings is 2. The maximum Gasteiger partial charge on any atom is 0.279 e. The number of hydrogen-bond acceptors (Lipinski definition) is 16. The van der Waals surface area contributed by atoms with Crippen molar-refractivity contribution in [1.82, 2.24) is 24.9 Å². The zero-order chi connectivity index (χ0) is 43.3. The number of aryl methyl sites for hydroxylation is 2. The van der Waals surface area contributed by atoms with E-state index in [4.69, 9.17) is 30.5 Å². The third kappa shape index (κ3) is 11.8. The predicted octanol–water partition coefficient (Wildman–Crippen LogP) is 5.89. The highest BCUT2D eigenvalue weighted by molar-refractivity contribution is 5.63. The molecule has 0 unspecified atom stereocenters. The Labute approximate surface area is 357 Å². The minimum atomic E-state index is 0.682. The summed E-state index contributed by atoms with van der Waals surface area (Å²) in [6, 6.07) is 32.0. The molecule has 0 radical (unpaired) electrons. The Morgan fingerprint density at radius 1 is 0.557 bits per heavy atom. The number of benzene rings is 2. The topological polar surface area (TPSA) is 175 Å². The van der Waals surface area contributed by atoms with Gasteiger partial charge in [0, 0.05) is 90.1 Å². The molecule has 2 fully saturated rings. The van der Waals surface area contributed by atoms with Crippen LogP contribution in [0.4, 0.5) is 58.2 Å². The molecule has 0 aliphatic carbocycles. The first-order chi connectivity index (χ1) is 29.6. The zero-order valence-electron chi connectivity index (χ0n) is 35.7. The number of anilines is 10. The number of nitrogens with one attached hydrogen (secondary N) is 2. The van der Waals surface area contributed by atoms with Gasteiger partial charge in [0.05, 0.1) is 19.3 Å². The van der Waals surface area contributed by atoms with Crippen LogP contribution in [0, 0.1) is 19.1 Å². The van der Waals surface area contributed by atoms with Gasteiger partial charge in [-0.2, -0.15) is 19.9 Å². The molecule has 0 amide bonds. The van der Waals surface area contributed by atoms with E-state index >= 15 is 0 Å². The molecule has 0 saturated carbocycles. The Balaban J connectivity index is 0.000000196. The summed E-state index contributed by atoms with van der Waals surface area (Å²) in [6.45, 7) is 10.6. The molecule has 4 N–H and O–H groups in total. The van der Waals surface area contributed by atoms with Crippen molar-refractivity contribution < 1.29 is 15.2 Å². The Hall–Kier alpha value is -6.98. The molecular weight excluding hydrogens is 773 g/mol. The monoisotopic (exact) mass is 828 g/mol. The van der Waals surface area contributed by atoms with Crippen molar-refractivity contribution in [2.24, 2.45) is 0 Å². The molecule has 0 atom stereocenters. The number of aromatic nitrogens is 6. The summed E-state index contributed by atoms with van der Waals surface area (Å²) < 4.78 is 0.919. The molecule has 2 aliphatic rings. The first-order valence-corrected chi connectivity index (χ1v) is 20.2. The van der Waals surface area contributed by atoms with E-state index in [1.54, 1.807) is 6.07 Å². The zero-order valence-corrected chi connectivity index (χ0v) is 35.7. The van der Waals surface area contributed by atoms with Crippen LogP contribution in [0.5, 0.6) is 0 Å². The second-order valence-electron chi connectivity index (χ2n) is 15.1. The minimum Gasteiger partial charge on any atom is -0.711 e. The van der Waals surface area contributed by atoms with Gasteiger partial charge in [-0.25, -0.2) is 9.71 Å². The molecule has 2 saturated heterocycles. The fraction of sp³-hybridized carbons (Fsp3) is 0.318. The molecule has 2 aliphatic heterocycles. The summed E-state index contributed by atoms with van der Waals surface area (Å²) in [7, 11) is 7.95. The lowest BCUT2D eigenvalue weighted by molar-refractivity contribution is -0.592. The molecule has 61 heavy (non-hydrogen) atoms. The van der Waals surface area contributed by atoms with Crippen LogP contribution in [-0.2, 0) is 0 Å². The van der Waals surface area contributed by atoms with Crippen molar-refractivity contribution in [3.8, 4) is 0 Å². The average molecular weight is 829 g/mol. The van der Waals surface area contributed by atoms with Gasteiger partial charge in [0.15, 0.2) is 0 Å². The standard InChI is InChI=1S/C22H27N7O.C22H27N7.H2O2/c1-17-7-9-18(10-8-17)23-19-16-20(26(2)3)25-22(24-19)28-14-12-27(13-15-28)21-6-4-5-11-29(21)30;1-17-7-9-18(10-8-17)24-19-16-21(27(2)3)26-22(25-19)29-14-12-28(13-15-29)20-6-4-5-11-23-20;1-2/h4-11,16H,12-15H2,1-3H3,(H,23,24,25);4-11,16H,12-15H2,1-3H3,(H,24,25,26);1-2H. The summed E-state index contributed by atoms with van der Waals surface area (Å²) in [5.74, 6) is 6.45. The largest absolute Gasteiger partial charge is 0.711 e.